The first-order chi connectivity index (χ1) is 9.05. The highest BCUT2D eigenvalue weighted by atomic mass is 32.2. The maximum Gasteiger partial charge on any atom is 0.212 e. The van der Waals surface area contributed by atoms with Crippen LogP contribution in [0.2, 0.25) is 0 Å². The number of likely N-dealkylation sites (tertiary alicyclic amines) is 1. The Kier molecular flexibility index (Phi) is 5.62. The topological polar surface area (TPSA) is 61.4 Å². The molecule has 0 bridgehead atoms. The van der Waals surface area contributed by atoms with Crippen LogP contribution in [-0.4, -0.2) is 57.8 Å². The van der Waals surface area contributed by atoms with Gasteiger partial charge in [-0.2, -0.15) is 0 Å². The van der Waals surface area contributed by atoms with Gasteiger partial charge in [0.15, 0.2) is 0 Å². The highest BCUT2D eigenvalue weighted by Gasteiger charge is 2.21. The molecule has 1 saturated heterocycles. The highest BCUT2D eigenvalue weighted by molar-refractivity contribution is 7.89. The minimum atomic E-state index is -3.11. The summed E-state index contributed by atoms with van der Waals surface area (Å²) in [6.07, 6.45) is 4.96. The van der Waals surface area contributed by atoms with Crippen LogP contribution in [0, 0.1) is 5.92 Å². The Morgan fingerprint density at radius 1 is 1.26 bits per heavy atom. The molecule has 0 aromatic rings. The number of hydrogen-bond donors (Lipinski definition) is 2. The summed E-state index contributed by atoms with van der Waals surface area (Å²) in [5.74, 6) is 0.573. The van der Waals surface area contributed by atoms with Gasteiger partial charge in [-0.05, 0) is 44.7 Å². The number of nitrogens with zero attached hydrogens (tertiary/aromatic N) is 1. The minimum Gasteiger partial charge on any atom is -0.313 e. The molecule has 0 aromatic heterocycles. The molecule has 1 aliphatic heterocycles. The maximum atomic E-state index is 11.8. The van der Waals surface area contributed by atoms with Gasteiger partial charge < -0.3 is 10.2 Å². The van der Waals surface area contributed by atoms with Crippen LogP contribution in [0.3, 0.4) is 0 Å². The fourth-order valence-corrected chi connectivity index (χ4v) is 3.57. The lowest BCUT2D eigenvalue weighted by atomic mass is 10.2. The fourth-order valence-electron chi connectivity index (χ4n) is 2.50. The van der Waals surface area contributed by atoms with Gasteiger partial charge in [-0.1, -0.05) is 6.92 Å². The summed E-state index contributed by atoms with van der Waals surface area (Å²) in [4.78, 5) is 2.42. The number of rotatable bonds is 9. The normalized spacial score (nSPS) is 22.8. The average molecular weight is 289 g/mol. The second kappa shape index (κ2) is 7.02. The van der Waals surface area contributed by atoms with Crippen LogP contribution in [0.4, 0.5) is 0 Å². The van der Waals surface area contributed by atoms with Crippen molar-refractivity contribution in [1.82, 2.24) is 14.9 Å². The van der Waals surface area contributed by atoms with Crippen LogP contribution >= 0.6 is 0 Å². The molecule has 112 valence electrons. The maximum absolute atomic E-state index is 11.8. The quantitative estimate of drug-likeness (QED) is 0.645. The van der Waals surface area contributed by atoms with E-state index >= 15 is 0 Å². The van der Waals surface area contributed by atoms with E-state index in [1.165, 1.54) is 38.8 Å². The number of hydrogen-bond acceptors (Lipinski definition) is 4. The van der Waals surface area contributed by atoms with Gasteiger partial charge in [0, 0.05) is 25.7 Å². The molecule has 0 spiro atoms. The lowest BCUT2D eigenvalue weighted by molar-refractivity contribution is 0.288. The van der Waals surface area contributed by atoms with Crippen LogP contribution in [0.25, 0.3) is 0 Å². The van der Waals surface area contributed by atoms with E-state index in [4.69, 9.17) is 0 Å². The van der Waals surface area contributed by atoms with Crippen molar-refractivity contribution < 1.29 is 8.42 Å². The Bertz CT molecular complexity index is 362. The number of nitrogens with one attached hydrogen (secondary N) is 2. The molecule has 2 N–H and O–H groups in total. The van der Waals surface area contributed by atoms with Gasteiger partial charge in [-0.3, -0.25) is 0 Å². The van der Waals surface area contributed by atoms with E-state index in [0.29, 0.717) is 25.0 Å². The van der Waals surface area contributed by atoms with Gasteiger partial charge in [0.1, 0.15) is 0 Å². The van der Waals surface area contributed by atoms with Crippen molar-refractivity contribution in [1.29, 1.82) is 0 Å². The molecule has 0 aromatic carbocycles. The second-order valence-electron chi connectivity index (χ2n) is 6.01. The summed E-state index contributed by atoms with van der Waals surface area (Å²) >= 11 is 0. The van der Waals surface area contributed by atoms with Gasteiger partial charge in [0.05, 0.1) is 5.75 Å². The average Bonchev–Trinajstić information content (AvgIpc) is 3.03. The zero-order valence-corrected chi connectivity index (χ0v) is 12.7. The van der Waals surface area contributed by atoms with Gasteiger partial charge in [-0.15, -0.1) is 0 Å². The molecule has 1 aliphatic carbocycles. The van der Waals surface area contributed by atoms with Crippen molar-refractivity contribution in [3.05, 3.63) is 0 Å². The molecule has 2 aliphatic rings. The molecule has 0 amide bonds. The molecule has 2 rings (SSSR count). The Morgan fingerprint density at radius 2 is 1.95 bits per heavy atom. The lowest BCUT2D eigenvalue weighted by Gasteiger charge is -2.20. The first kappa shape index (κ1) is 15.2. The molecule has 1 heterocycles. The summed E-state index contributed by atoms with van der Waals surface area (Å²) in [5.41, 5.74) is 0. The third-order valence-electron chi connectivity index (χ3n) is 3.80. The third-order valence-corrected chi connectivity index (χ3v) is 5.15. The summed E-state index contributed by atoms with van der Waals surface area (Å²) in [6, 6.07) is 0.573. The summed E-state index contributed by atoms with van der Waals surface area (Å²) in [6.45, 7) is 6.58. The summed E-state index contributed by atoms with van der Waals surface area (Å²) in [5, 5.41) is 3.23. The zero-order chi connectivity index (χ0) is 13.7. The SMILES string of the molecule is CC(CNS(=O)(=O)CCNC1CC1)CN1CCCC1. The summed E-state index contributed by atoms with van der Waals surface area (Å²) < 4.78 is 26.4. The monoisotopic (exact) mass is 289 g/mol. The standard InChI is InChI=1S/C13H27N3O2S/c1-12(11-16-7-2-3-8-16)10-15-19(17,18)9-6-14-13-4-5-13/h12-15H,2-11H2,1H3. The summed E-state index contributed by atoms with van der Waals surface area (Å²) in [7, 11) is -3.11. The van der Waals surface area contributed by atoms with Crippen molar-refractivity contribution in [2.24, 2.45) is 5.92 Å². The predicted molar refractivity (Wildman–Crippen MR) is 77.7 cm³/mol. The molecule has 1 atom stereocenters. The van der Waals surface area contributed by atoms with Gasteiger partial charge in [0.2, 0.25) is 10.0 Å². The van der Waals surface area contributed by atoms with E-state index in [1.807, 2.05) is 0 Å². The van der Waals surface area contributed by atoms with E-state index in [2.05, 4.69) is 21.9 Å². The van der Waals surface area contributed by atoms with Crippen molar-refractivity contribution in [2.75, 3.05) is 38.5 Å². The first-order valence-electron chi connectivity index (χ1n) is 7.48. The molecule has 1 unspecified atom stereocenters. The van der Waals surface area contributed by atoms with E-state index in [1.54, 1.807) is 0 Å². The van der Waals surface area contributed by atoms with Gasteiger partial charge >= 0.3 is 0 Å². The van der Waals surface area contributed by atoms with Crippen molar-refractivity contribution in [3.8, 4) is 0 Å². The molecule has 19 heavy (non-hydrogen) atoms. The molecular formula is C13H27N3O2S. The Hall–Kier alpha value is -0.170. The smallest absolute Gasteiger partial charge is 0.212 e. The van der Waals surface area contributed by atoms with E-state index in [0.717, 1.165) is 6.54 Å². The lowest BCUT2D eigenvalue weighted by Crippen LogP contribution is -2.37. The van der Waals surface area contributed by atoms with E-state index in [9.17, 15) is 8.42 Å². The Morgan fingerprint density at radius 3 is 2.58 bits per heavy atom. The molecule has 5 nitrogen and oxygen atoms in total. The zero-order valence-electron chi connectivity index (χ0n) is 11.9. The molecule has 0 radical (unpaired) electrons. The van der Waals surface area contributed by atoms with Crippen molar-refractivity contribution in [3.63, 3.8) is 0 Å². The van der Waals surface area contributed by atoms with Crippen LogP contribution in [0.5, 0.6) is 0 Å². The van der Waals surface area contributed by atoms with Crippen LogP contribution < -0.4 is 10.0 Å². The highest BCUT2D eigenvalue weighted by Crippen LogP contribution is 2.18. The third kappa shape index (κ3) is 6.21. The first-order valence-corrected chi connectivity index (χ1v) is 9.13. The Balaban J connectivity index is 1.58. The fraction of sp³-hybridized carbons (Fsp3) is 1.00. The second-order valence-corrected chi connectivity index (χ2v) is 7.94. The molecule has 6 heteroatoms. The molecular weight excluding hydrogens is 262 g/mol. The van der Waals surface area contributed by atoms with Gasteiger partial charge in [-0.25, -0.2) is 13.1 Å². The van der Waals surface area contributed by atoms with Crippen LogP contribution in [0.1, 0.15) is 32.6 Å². The van der Waals surface area contributed by atoms with Crippen LogP contribution in [0.15, 0.2) is 0 Å². The minimum absolute atomic E-state index is 0.194. The predicted octanol–water partition coefficient (Wildman–Crippen LogP) is 0.390. The van der Waals surface area contributed by atoms with Gasteiger partial charge in [0.25, 0.3) is 0 Å². The van der Waals surface area contributed by atoms with E-state index in [-0.39, 0.29) is 5.75 Å². The molecule has 2 fully saturated rings. The molecule has 1 saturated carbocycles. The largest absolute Gasteiger partial charge is 0.313 e. The van der Waals surface area contributed by atoms with E-state index < -0.39 is 10.0 Å². The Labute approximate surface area is 117 Å². The van der Waals surface area contributed by atoms with Crippen molar-refractivity contribution >= 4 is 10.0 Å². The van der Waals surface area contributed by atoms with Crippen molar-refractivity contribution in [2.45, 2.75) is 38.6 Å². The number of sulfonamides is 1. The van der Waals surface area contributed by atoms with Crippen LogP contribution in [-0.2, 0) is 10.0 Å².